The summed E-state index contributed by atoms with van der Waals surface area (Å²) in [6, 6.07) is 0. The largest absolute Gasteiger partial charge is 0.378 e. The Morgan fingerprint density at radius 3 is 2.40 bits per heavy atom. The molecule has 0 aromatic carbocycles. The van der Waals surface area contributed by atoms with E-state index in [2.05, 4.69) is 20.8 Å². The normalized spacial score (nSPS) is 35.6. The molecule has 0 saturated heterocycles. The first-order valence-corrected chi connectivity index (χ1v) is 9.50. The monoisotopic (exact) mass is 303 g/mol. The highest BCUT2D eigenvalue weighted by molar-refractivity contribution is 7.89. The summed E-state index contributed by atoms with van der Waals surface area (Å²) >= 11 is 0. The van der Waals surface area contributed by atoms with Gasteiger partial charge in [0.25, 0.3) is 0 Å². The quantitative estimate of drug-likeness (QED) is 0.735. The molecule has 0 aliphatic heterocycles. The Morgan fingerprint density at radius 1 is 1.20 bits per heavy atom. The van der Waals surface area contributed by atoms with Crippen LogP contribution in [0.2, 0.25) is 0 Å². The Labute approximate surface area is 123 Å². The van der Waals surface area contributed by atoms with Crippen LogP contribution in [0, 0.1) is 16.7 Å². The summed E-state index contributed by atoms with van der Waals surface area (Å²) in [7, 11) is -3.30. The van der Waals surface area contributed by atoms with E-state index in [-0.39, 0.29) is 5.75 Å². The molecule has 0 radical (unpaired) electrons. The molecule has 0 spiro atoms. The molecule has 118 valence electrons. The zero-order valence-corrected chi connectivity index (χ0v) is 13.8. The topological polar surface area (TPSA) is 69.4 Å². The second kappa shape index (κ2) is 5.58. The standard InChI is InChI=1S/C15H29NO3S/c1-14(2)12-7-8-15(14,3)13(11-12)19-9-5-4-6-10-20(16,17)18/h12-13H,4-11H2,1-3H3,(H2,16,17,18). The SMILES string of the molecule is CC1(C)C2CCC1(C)C(OCCCCCS(N)(=O)=O)C2. The highest BCUT2D eigenvalue weighted by atomic mass is 32.2. The third kappa shape index (κ3) is 3.04. The Hall–Kier alpha value is -0.130. The molecule has 2 aliphatic rings. The predicted molar refractivity (Wildman–Crippen MR) is 80.8 cm³/mol. The van der Waals surface area contributed by atoms with Crippen molar-refractivity contribution in [1.82, 2.24) is 0 Å². The molecular formula is C15H29NO3S. The number of hydrogen-bond donors (Lipinski definition) is 1. The van der Waals surface area contributed by atoms with Crippen molar-refractivity contribution in [3.8, 4) is 0 Å². The number of rotatable bonds is 7. The molecule has 0 heterocycles. The average molecular weight is 303 g/mol. The minimum absolute atomic E-state index is 0.0866. The molecule has 2 aliphatic carbocycles. The van der Waals surface area contributed by atoms with Gasteiger partial charge in [-0.3, -0.25) is 0 Å². The maximum absolute atomic E-state index is 10.8. The van der Waals surface area contributed by atoms with E-state index in [1.807, 2.05) is 0 Å². The van der Waals surface area contributed by atoms with E-state index in [4.69, 9.17) is 9.88 Å². The van der Waals surface area contributed by atoms with Crippen molar-refractivity contribution >= 4 is 10.0 Å². The number of fused-ring (bicyclic) bond motifs is 2. The minimum atomic E-state index is -3.30. The third-order valence-electron chi connectivity index (χ3n) is 6.11. The highest BCUT2D eigenvalue weighted by Crippen LogP contribution is 2.66. The van der Waals surface area contributed by atoms with Gasteiger partial charge in [-0.15, -0.1) is 0 Å². The summed E-state index contributed by atoms with van der Waals surface area (Å²) in [4.78, 5) is 0. The predicted octanol–water partition coefficient (Wildman–Crippen LogP) is 2.68. The molecule has 2 N–H and O–H groups in total. The summed E-state index contributed by atoms with van der Waals surface area (Å²) in [5, 5.41) is 4.98. The van der Waals surface area contributed by atoms with E-state index in [0.717, 1.165) is 25.4 Å². The van der Waals surface area contributed by atoms with E-state index < -0.39 is 10.0 Å². The number of unbranched alkanes of at least 4 members (excludes halogenated alkanes) is 2. The lowest BCUT2D eigenvalue weighted by atomic mass is 9.70. The molecule has 2 bridgehead atoms. The fraction of sp³-hybridized carbons (Fsp3) is 1.00. The van der Waals surface area contributed by atoms with Crippen molar-refractivity contribution in [3.63, 3.8) is 0 Å². The van der Waals surface area contributed by atoms with Crippen molar-refractivity contribution < 1.29 is 13.2 Å². The number of hydrogen-bond acceptors (Lipinski definition) is 3. The molecule has 2 saturated carbocycles. The van der Waals surface area contributed by atoms with Crippen LogP contribution in [-0.4, -0.2) is 26.9 Å². The van der Waals surface area contributed by atoms with Gasteiger partial charge in [0.2, 0.25) is 10.0 Å². The van der Waals surface area contributed by atoms with Crippen LogP contribution in [0.1, 0.15) is 59.3 Å². The lowest BCUT2D eigenvalue weighted by molar-refractivity contribution is -0.0474. The Morgan fingerprint density at radius 2 is 1.90 bits per heavy atom. The van der Waals surface area contributed by atoms with Crippen molar-refractivity contribution in [1.29, 1.82) is 0 Å². The molecule has 0 amide bonds. The van der Waals surface area contributed by atoms with Crippen LogP contribution in [0.5, 0.6) is 0 Å². The van der Waals surface area contributed by atoms with E-state index in [0.29, 0.717) is 23.4 Å². The molecule has 0 aromatic heterocycles. The van der Waals surface area contributed by atoms with Crippen LogP contribution < -0.4 is 5.14 Å². The van der Waals surface area contributed by atoms with Crippen molar-refractivity contribution in [2.24, 2.45) is 21.9 Å². The fourth-order valence-electron chi connectivity index (χ4n) is 4.19. The van der Waals surface area contributed by atoms with Gasteiger partial charge >= 0.3 is 0 Å². The molecule has 4 nitrogen and oxygen atoms in total. The maximum atomic E-state index is 10.8. The summed E-state index contributed by atoms with van der Waals surface area (Å²) in [6.45, 7) is 7.90. The minimum Gasteiger partial charge on any atom is -0.378 e. The first kappa shape index (κ1) is 16.2. The van der Waals surface area contributed by atoms with Crippen LogP contribution in [-0.2, 0) is 14.8 Å². The van der Waals surface area contributed by atoms with Crippen LogP contribution >= 0.6 is 0 Å². The molecule has 2 fully saturated rings. The van der Waals surface area contributed by atoms with Gasteiger partial charge in [0.05, 0.1) is 11.9 Å². The van der Waals surface area contributed by atoms with Crippen molar-refractivity contribution in [2.45, 2.75) is 65.4 Å². The fourth-order valence-corrected chi connectivity index (χ4v) is 4.80. The Kier molecular flexibility index (Phi) is 4.53. The average Bonchev–Trinajstić information content (AvgIpc) is 2.65. The number of nitrogens with two attached hydrogens (primary N) is 1. The molecule has 20 heavy (non-hydrogen) atoms. The van der Waals surface area contributed by atoms with E-state index in [1.54, 1.807) is 0 Å². The first-order chi connectivity index (χ1) is 9.17. The van der Waals surface area contributed by atoms with Gasteiger partial charge in [0.1, 0.15) is 0 Å². The smallest absolute Gasteiger partial charge is 0.209 e. The first-order valence-electron chi connectivity index (χ1n) is 7.79. The number of sulfonamides is 1. The summed E-state index contributed by atoms with van der Waals surface area (Å²) in [5.41, 5.74) is 0.712. The zero-order valence-electron chi connectivity index (χ0n) is 13.0. The summed E-state index contributed by atoms with van der Waals surface area (Å²) < 4.78 is 27.8. The highest BCUT2D eigenvalue weighted by Gasteiger charge is 2.61. The lowest BCUT2D eigenvalue weighted by Gasteiger charge is -2.39. The van der Waals surface area contributed by atoms with Gasteiger partial charge in [-0.2, -0.15) is 0 Å². The Bertz CT molecular complexity index is 446. The van der Waals surface area contributed by atoms with Crippen LogP contribution in [0.15, 0.2) is 0 Å². The van der Waals surface area contributed by atoms with E-state index in [1.165, 1.54) is 19.3 Å². The van der Waals surface area contributed by atoms with Crippen LogP contribution in [0.3, 0.4) is 0 Å². The zero-order chi connectivity index (χ0) is 15.0. The molecular weight excluding hydrogens is 274 g/mol. The van der Waals surface area contributed by atoms with E-state index >= 15 is 0 Å². The molecule has 5 heteroatoms. The van der Waals surface area contributed by atoms with Gasteiger partial charge < -0.3 is 4.74 Å². The van der Waals surface area contributed by atoms with Crippen LogP contribution in [0.4, 0.5) is 0 Å². The van der Waals surface area contributed by atoms with Crippen molar-refractivity contribution in [3.05, 3.63) is 0 Å². The van der Waals surface area contributed by atoms with E-state index in [9.17, 15) is 8.42 Å². The van der Waals surface area contributed by atoms with Gasteiger partial charge in [-0.05, 0) is 48.9 Å². The maximum Gasteiger partial charge on any atom is 0.209 e. The summed E-state index contributed by atoms with van der Waals surface area (Å²) in [5.74, 6) is 0.892. The molecule has 3 atom stereocenters. The third-order valence-corrected chi connectivity index (χ3v) is 6.96. The van der Waals surface area contributed by atoms with Crippen molar-refractivity contribution in [2.75, 3.05) is 12.4 Å². The lowest BCUT2D eigenvalue weighted by Crippen LogP contribution is -2.37. The molecule has 2 rings (SSSR count). The molecule has 0 aromatic rings. The van der Waals surface area contributed by atoms with Gasteiger partial charge in [-0.25, -0.2) is 13.6 Å². The van der Waals surface area contributed by atoms with Gasteiger partial charge in [0.15, 0.2) is 0 Å². The second-order valence-electron chi connectivity index (χ2n) is 7.40. The summed E-state index contributed by atoms with van der Waals surface area (Å²) in [6.07, 6.45) is 6.63. The van der Waals surface area contributed by atoms with Gasteiger partial charge in [0, 0.05) is 6.61 Å². The number of ether oxygens (including phenoxy) is 1. The second-order valence-corrected chi connectivity index (χ2v) is 9.13. The number of primary sulfonamides is 1. The van der Waals surface area contributed by atoms with Crippen LogP contribution in [0.25, 0.3) is 0 Å². The van der Waals surface area contributed by atoms with Gasteiger partial charge in [-0.1, -0.05) is 27.2 Å². The Balaban J connectivity index is 1.69. The molecule has 3 unspecified atom stereocenters.